The van der Waals surface area contributed by atoms with E-state index in [4.69, 9.17) is 0 Å². The van der Waals surface area contributed by atoms with Gasteiger partial charge in [-0.05, 0) is 60.6 Å². The fourth-order valence-electron chi connectivity index (χ4n) is 4.64. The van der Waals surface area contributed by atoms with Crippen LogP contribution in [-0.2, 0) is 18.8 Å². The van der Waals surface area contributed by atoms with Crippen molar-refractivity contribution in [3.8, 4) is 5.88 Å². The van der Waals surface area contributed by atoms with Crippen molar-refractivity contribution < 1.29 is 31.4 Å². The molecule has 0 unspecified atom stereocenters. The quantitative estimate of drug-likeness (QED) is 0.474. The maximum absolute atomic E-state index is 14.0. The van der Waals surface area contributed by atoms with Crippen LogP contribution in [0.3, 0.4) is 0 Å². The molecule has 1 N–H and O–H groups in total. The molecule has 3 aromatic rings. The van der Waals surface area contributed by atoms with E-state index in [2.05, 4.69) is 20.1 Å². The van der Waals surface area contributed by atoms with Gasteiger partial charge in [-0.3, -0.25) is 0 Å². The molecular formula is C26H23F6N5OS. The molecule has 2 aliphatic rings. The molecule has 0 radical (unpaired) electrons. The Balaban J connectivity index is 1.65. The molecule has 1 saturated heterocycles. The molecule has 206 valence electrons. The predicted octanol–water partition coefficient (Wildman–Crippen LogP) is 4.44. The molecule has 1 fully saturated rings. The molecule has 0 aliphatic carbocycles. The van der Waals surface area contributed by atoms with E-state index in [0.717, 1.165) is 36.9 Å². The summed E-state index contributed by atoms with van der Waals surface area (Å²) >= 11 is 1.14. The van der Waals surface area contributed by atoms with Gasteiger partial charge in [-0.2, -0.15) is 41.5 Å². The molecule has 0 atom stereocenters. The second kappa shape index (κ2) is 10.3. The fraction of sp³-hybridized carbons (Fsp3) is 0.346. The van der Waals surface area contributed by atoms with Crippen molar-refractivity contribution in [2.45, 2.75) is 25.2 Å². The van der Waals surface area contributed by atoms with Crippen molar-refractivity contribution in [1.29, 1.82) is 0 Å². The van der Waals surface area contributed by atoms with Gasteiger partial charge in [0.2, 0.25) is 5.88 Å². The second-order valence-corrected chi connectivity index (χ2v) is 10.4. The molecular weight excluding hydrogens is 544 g/mol. The highest BCUT2D eigenvalue weighted by Gasteiger charge is 2.38. The highest BCUT2D eigenvalue weighted by molar-refractivity contribution is 7.17. The number of likely N-dealkylation sites (N-methyl/N-ethyl adjacent to an activating group) is 1. The molecule has 2 aromatic carbocycles. The van der Waals surface area contributed by atoms with Crippen LogP contribution in [0.4, 0.5) is 31.5 Å². The van der Waals surface area contributed by atoms with Gasteiger partial charge in [-0.1, -0.05) is 23.5 Å². The van der Waals surface area contributed by atoms with E-state index in [1.54, 1.807) is 18.2 Å². The average molecular weight is 568 g/mol. The van der Waals surface area contributed by atoms with Crippen molar-refractivity contribution in [2.75, 3.05) is 38.1 Å². The molecule has 0 amide bonds. The third-order valence-electron chi connectivity index (χ3n) is 6.71. The minimum absolute atomic E-state index is 0.132. The minimum atomic E-state index is -5.02. The summed E-state index contributed by atoms with van der Waals surface area (Å²) in [5, 5.41) is 20.3. The van der Waals surface area contributed by atoms with Gasteiger partial charge in [0.05, 0.1) is 27.6 Å². The van der Waals surface area contributed by atoms with Gasteiger partial charge < -0.3 is 14.9 Å². The normalized spacial score (nSPS) is 17.2. The number of fused-ring (bicyclic) bond motifs is 1. The Hall–Kier alpha value is -3.45. The van der Waals surface area contributed by atoms with Gasteiger partial charge in [0.15, 0.2) is 5.13 Å². The Kier molecular flexibility index (Phi) is 7.14. The van der Waals surface area contributed by atoms with Gasteiger partial charge in [0.1, 0.15) is 0 Å². The molecule has 0 saturated carbocycles. The lowest BCUT2D eigenvalue weighted by Gasteiger charge is -2.19. The van der Waals surface area contributed by atoms with E-state index in [-0.39, 0.29) is 22.4 Å². The number of thiazole rings is 1. The molecule has 0 bridgehead atoms. The number of hydrogen-bond donors (Lipinski definition) is 1. The van der Waals surface area contributed by atoms with E-state index in [1.165, 1.54) is 6.21 Å². The number of hydrogen-bond acceptors (Lipinski definition) is 7. The van der Waals surface area contributed by atoms with Crippen LogP contribution in [0.5, 0.6) is 5.88 Å². The van der Waals surface area contributed by atoms with Crippen LogP contribution in [-0.4, -0.2) is 54.4 Å². The van der Waals surface area contributed by atoms with Gasteiger partial charge >= 0.3 is 12.4 Å². The van der Waals surface area contributed by atoms with Crippen molar-refractivity contribution in [1.82, 2.24) is 9.88 Å². The lowest BCUT2D eigenvalue weighted by molar-refractivity contribution is -0.143. The van der Waals surface area contributed by atoms with Crippen LogP contribution in [0.2, 0.25) is 0 Å². The van der Waals surface area contributed by atoms with Gasteiger partial charge in [-0.25, -0.2) is 0 Å². The molecule has 2 aliphatic heterocycles. The smallest absolute Gasteiger partial charge is 0.416 e. The SMILES string of the molecule is CN1CCCN(c2nc(O)c(C(Cc3ccc(C(F)(F)F)cc3C(F)(F)F)=c3ccc4c(c3)C=NN=4)s2)CC1. The molecule has 13 heteroatoms. The highest BCUT2D eigenvalue weighted by Crippen LogP contribution is 2.41. The van der Waals surface area contributed by atoms with Gasteiger partial charge in [0.25, 0.3) is 0 Å². The standard InChI is InChI=1S/C26H23F6N5OS/c1-36-7-2-8-37(10-9-36)24-34-23(38)22(39-24)19(15-4-6-21-17(11-15)14-33-35-21)12-16-3-5-18(25(27,28)29)13-20(16)26(30,31)32/h3-6,11,13-14,38H,2,7-10,12H2,1H3. The van der Waals surface area contributed by atoms with Crippen molar-refractivity contribution in [3.05, 3.63) is 74.1 Å². The number of halogens is 6. The zero-order valence-corrected chi connectivity index (χ0v) is 21.5. The van der Waals surface area contributed by atoms with Crippen LogP contribution in [0.25, 0.3) is 5.57 Å². The summed E-state index contributed by atoms with van der Waals surface area (Å²) in [6.07, 6.45) is -7.97. The first-order valence-corrected chi connectivity index (χ1v) is 12.9. The van der Waals surface area contributed by atoms with Crippen molar-refractivity contribution >= 4 is 28.3 Å². The molecule has 5 rings (SSSR count). The number of alkyl halides is 6. The Bertz CT molecular complexity index is 1550. The summed E-state index contributed by atoms with van der Waals surface area (Å²) < 4.78 is 81.7. The molecule has 0 spiro atoms. The van der Waals surface area contributed by atoms with Crippen LogP contribution < -0.4 is 15.5 Å². The summed E-state index contributed by atoms with van der Waals surface area (Å²) in [5.41, 5.74) is -2.18. The van der Waals surface area contributed by atoms with Crippen LogP contribution in [0, 0.1) is 0 Å². The summed E-state index contributed by atoms with van der Waals surface area (Å²) in [5.74, 6) is -0.345. The lowest BCUT2D eigenvalue weighted by Crippen LogP contribution is -2.28. The van der Waals surface area contributed by atoms with Crippen molar-refractivity contribution in [3.63, 3.8) is 0 Å². The van der Waals surface area contributed by atoms with Crippen LogP contribution in [0.15, 0.2) is 46.6 Å². The zero-order valence-electron chi connectivity index (χ0n) is 20.6. The average Bonchev–Trinajstić information content (AvgIpc) is 3.43. The van der Waals surface area contributed by atoms with E-state index in [9.17, 15) is 31.4 Å². The molecule has 39 heavy (non-hydrogen) atoms. The first-order chi connectivity index (χ1) is 18.4. The Labute approximate surface area is 223 Å². The minimum Gasteiger partial charge on any atom is -0.492 e. The van der Waals surface area contributed by atoms with E-state index in [0.29, 0.717) is 46.0 Å². The number of rotatable bonds is 4. The Morgan fingerprint density at radius 1 is 0.974 bits per heavy atom. The van der Waals surface area contributed by atoms with E-state index >= 15 is 0 Å². The van der Waals surface area contributed by atoms with Gasteiger partial charge in [-0.15, -0.1) is 0 Å². The molecule has 1 aromatic heterocycles. The Morgan fingerprint density at radius 3 is 2.51 bits per heavy atom. The third kappa shape index (κ3) is 5.78. The number of nitrogens with zero attached hydrogens (tertiary/aromatic N) is 5. The summed E-state index contributed by atoms with van der Waals surface area (Å²) in [7, 11) is 2.01. The summed E-state index contributed by atoms with van der Waals surface area (Å²) in [6.45, 7) is 3.03. The third-order valence-corrected chi connectivity index (χ3v) is 7.88. The summed E-state index contributed by atoms with van der Waals surface area (Å²) in [6, 6.07) is 6.60. The first-order valence-electron chi connectivity index (χ1n) is 12.1. The number of anilines is 1. The van der Waals surface area contributed by atoms with E-state index in [1.807, 2.05) is 11.9 Å². The Morgan fingerprint density at radius 2 is 1.77 bits per heavy atom. The lowest BCUT2D eigenvalue weighted by atomic mass is 9.94. The van der Waals surface area contributed by atoms with Gasteiger partial charge in [0, 0.05) is 31.6 Å². The fourth-order valence-corrected chi connectivity index (χ4v) is 5.71. The monoisotopic (exact) mass is 567 g/mol. The van der Waals surface area contributed by atoms with Crippen molar-refractivity contribution in [2.24, 2.45) is 10.2 Å². The topological polar surface area (TPSA) is 64.3 Å². The second-order valence-electron chi connectivity index (χ2n) is 9.43. The molecule has 6 nitrogen and oxygen atoms in total. The first kappa shape index (κ1) is 27.1. The largest absolute Gasteiger partial charge is 0.492 e. The van der Waals surface area contributed by atoms with Crippen LogP contribution in [0.1, 0.15) is 33.6 Å². The van der Waals surface area contributed by atoms with E-state index < -0.39 is 29.9 Å². The molecule has 3 heterocycles. The predicted molar refractivity (Wildman–Crippen MR) is 136 cm³/mol. The maximum atomic E-state index is 14.0. The number of benzene rings is 2. The number of aromatic nitrogens is 1. The maximum Gasteiger partial charge on any atom is 0.416 e. The highest BCUT2D eigenvalue weighted by atomic mass is 32.1. The summed E-state index contributed by atoms with van der Waals surface area (Å²) in [4.78, 5) is 8.77. The zero-order chi connectivity index (χ0) is 27.9. The van der Waals surface area contributed by atoms with Crippen LogP contribution >= 0.6 is 11.3 Å². The number of aromatic hydroxyl groups is 1.